The van der Waals surface area contributed by atoms with Crippen molar-refractivity contribution in [1.82, 2.24) is 20.1 Å². The van der Waals surface area contributed by atoms with Crippen LogP contribution >= 0.6 is 0 Å². The standard InChI is InChI=1S/C15H18N4O3/c1-10-12(15(21)22)5-6-13(18-10)14(20)16-7-3-4-11-8-17-19(2)9-11/h5-6,8-9H,3-4,7H2,1-2H3,(H,16,20)(H,21,22). The SMILES string of the molecule is Cc1nc(C(=O)NCCCc2cnn(C)c2)ccc1C(=O)O. The number of aromatic nitrogens is 3. The van der Waals surface area contributed by atoms with Gasteiger partial charge in [-0.05, 0) is 37.5 Å². The van der Waals surface area contributed by atoms with Crippen molar-refractivity contribution in [1.29, 1.82) is 0 Å². The first-order valence-corrected chi connectivity index (χ1v) is 6.94. The Labute approximate surface area is 128 Å². The fourth-order valence-electron chi connectivity index (χ4n) is 2.10. The lowest BCUT2D eigenvalue weighted by atomic mass is 10.2. The first-order chi connectivity index (χ1) is 10.5. The third-order valence-corrected chi connectivity index (χ3v) is 3.23. The molecule has 22 heavy (non-hydrogen) atoms. The Morgan fingerprint density at radius 1 is 1.36 bits per heavy atom. The fourth-order valence-corrected chi connectivity index (χ4v) is 2.10. The van der Waals surface area contributed by atoms with Gasteiger partial charge in [0, 0.05) is 19.8 Å². The van der Waals surface area contributed by atoms with Gasteiger partial charge < -0.3 is 10.4 Å². The van der Waals surface area contributed by atoms with Gasteiger partial charge in [0.05, 0.1) is 17.5 Å². The average Bonchev–Trinajstić information content (AvgIpc) is 2.88. The molecular formula is C15H18N4O3. The molecule has 2 aromatic heterocycles. The smallest absolute Gasteiger partial charge is 0.337 e. The molecule has 2 N–H and O–H groups in total. The normalized spacial score (nSPS) is 10.5. The summed E-state index contributed by atoms with van der Waals surface area (Å²) < 4.78 is 1.74. The van der Waals surface area contributed by atoms with Gasteiger partial charge in [-0.2, -0.15) is 5.10 Å². The van der Waals surface area contributed by atoms with E-state index in [9.17, 15) is 9.59 Å². The monoisotopic (exact) mass is 302 g/mol. The number of carbonyl (C=O) groups is 2. The number of amides is 1. The summed E-state index contributed by atoms with van der Waals surface area (Å²) in [4.78, 5) is 26.9. The van der Waals surface area contributed by atoms with Crippen LogP contribution in [0.1, 0.15) is 38.5 Å². The second-order valence-electron chi connectivity index (χ2n) is 5.02. The van der Waals surface area contributed by atoms with Crippen LogP contribution in [0.3, 0.4) is 0 Å². The molecule has 116 valence electrons. The van der Waals surface area contributed by atoms with Gasteiger partial charge in [0.25, 0.3) is 5.91 Å². The summed E-state index contributed by atoms with van der Waals surface area (Å²) in [6.07, 6.45) is 5.37. The minimum atomic E-state index is -1.05. The van der Waals surface area contributed by atoms with Crippen molar-refractivity contribution in [3.05, 3.63) is 47.0 Å². The number of rotatable bonds is 6. The molecule has 0 fully saturated rings. The number of carboxylic acid groups (broad SMARTS) is 1. The van der Waals surface area contributed by atoms with E-state index in [4.69, 9.17) is 5.11 Å². The van der Waals surface area contributed by atoms with E-state index in [1.165, 1.54) is 12.1 Å². The number of carbonyl (C=O) groups excluding carboxylic acids is 1. The minimum absolute atomic E-state index is 0.105. The molecule has 0 unspecified atom stereocenters. The van der Waals surface area contributed by atoms with Crippen LogP contribution in [-0.2, 0) is 13.5 Å². The number of nitrogens with one attached hydrogen (secondary N) is 1. The maximum Gasteiger partial charge on any atom is 0.337 e. The Kier molecular flexibility index (Phi) is 4.88. The summed E-state index contributed by atoms with van der Waals surface area (Å²) in [7, 11) is 1.86. The number of carboxylic acids is 1. The Morgan fingerprint density at radius 3 is 2.73 bits per heavy atom. The molecule has 0 spiro atoms. The predicted molar refractivity (Wildman–Crippen MR) is 79.8 cm³/mol. The van der Waals surface area contributed by atoms with Crippen molar-refractivity contribution in [3.8, 4) is 0 Å². The molecule has 7 nitrogen and oxygen atoms in total. The highest BCUT2D eigenvalue weighted by atomic mass is 16.4. The van der Waals surface area contributed by atoms with Crippen LogP contribution in [0, 0.1) is 6.92 Å². The lowest BCUT2D eigenvalue weighted by Crippen LogP contribution is -2.26. The maximum atomic E-state index is 12.0. The van der Waals surface area contributed by atoms with E-state index in [-0.39, 0.29) is 17.2 Å². The Balaban J connectivity index is 1.84. The van der Waals surface area contributed by atoms with E-state index in [1.54, 1.807) is 17.8 Å². The highest BCUT2D eigenvalue weighted by Gasteiger charge is 2.12. The van der Waals surface area contributed by atoms with Gasteiger partial charge in [-0.15, -0.1) is 0 Å². The highest BCUT2D eigenvalue weighted by molar-refractivity contribution is 5.94. The highest BCUT2D eigenvalue weighted by Crippen LogP contribution is 2.07. The zero-order valence-corrected chi connectivity index (χ0v) is 12.5. The zero-order valence-electron chi connectivity index (χ0n) is 12.5. The number of hydrogen-bond donors (Lipinski definition) is 2. The molecule has 0 aromatic carbocycles. The van der Waals surface area contributed by atoms with Crippen LogP contribution in [0.4, 0.5) is 0 Å². The number of aromatic carboxylic acids is 1. The van der Waals surface area contributed by atoms with Crippen LogP contribution in [-0.4, -0.2) is 38.3 Å². The maximum absolute atomic E-state index is 12.0. The van der Waals surface area contributed by atoms with E-state index in [1.807, 2.05) is 13.2 Å². The van der Waals surface area contributed by atoms with E-state index in [2.05, 4.69) is 15.4 Å². The molecule has 0 radical (unpaired) electrons. The summed E-state index contributed by atoms with van der Waals surface area (Å²) in [5.74, 6) is -1.35. The summed E-state index contributed by atoms with van der Waals surface area (Å²) in [5.41, 5.74) is 1.78. The third kappa shape index (κ3) is 3.91. The van der Waals surface area contributed by atoms with Gasteiger partial charge in [0.15, 0.2) is 0 Å². The van der Waals surface area contributed by atoms with Gasteiger partial charge in [-0.3, -0.25) is 9.48 Å². The second-order valence-corrected chi connectivity index (χ2v) is 5.02. The first kappa shape index (κ1) is 15.7. The van der Waals surface area contributed by atoms with E-state index >= 15 is 0 Å². The quantitative estimate of drug-likeness (QED) is 0.781. The van der Waals surface area contributed by atoms with Crippen molar-refractivity contribution < 1.29 is 14.7 Å². The second kappa shape index (κ2) is 6.84. The lowest BCUT2D eigenvalue weighted by molar-refractivity contribution is 0.0694. The Hall–Kier alpha value is -2.70. The van der Waals surface area contributed by atoms with Gasteiger partial charge in [0.1, 0.15) is 5.69 Å². The zero-order chi connectivity index (χ0) is 16.1. The van der Waals surface area contributed by atoms with Crippen molar-refractivity contribution in [2.45, 2.75) is 19.8 Å². The van der Waals surface area contributed by atoms with Crippen molar-refractivity contribution >= 4 is 11.9 Å². The fraction of sp³-hybridized carbons (Fsp3) is 0.333. The van der Waals surface area contributed by atoms with Crippen molar-refractivity contribution in [2.75, 3.05) is 6.54 Å². The number of hydrogen-bond acceptors (Lipinski definition) is 4. The number of pyridine rings is 1. The van der Waals surface area contributed by atoms with Gasteiger partial charge >= 0.3 is 5.97 Å². The summed E-state index contributed by atoms with van der Waals surface area (Å²) in [5, 5.41) is 15.8. The van der Waals surface area contributed by atoms with Crippen LogP contribution in [0.2, 0.25) is 0 Å². The number of nitrogens with zero attached hydrogens (tertiary/aromatic N) is 3. The van der Waals surface area contributed by atoms with E-state index in [0.717, 1.165) is 18.4 Å². The summed E-state index contributed by atoms with van der Waals surface area (Å²) in [6, 6.07) is 2.82. The molecule has 0 bridgehead atoms. The third-order valence-electron chi connectivity index (χ3n) is 3.23. The largest absolute Gasteiger partial charge is 0.478 e. The molecule has 0 aliphatic carbocycles. The molecule has 2 heterocycles. The van der Waals surface area contributed by atoms with Crippen LogP contribution in [0.5, 0.6) is 0 Å². The minimum Gasteiger partial charge on any atom is -0.478 e. The van der Waals surface area contributed by atoms with Gasteiger partial charge in [0.2, 0.25) is 0 Å². The molecule has 2 aromatic rings. The molecule has 1 amide bonds. The lowest BCUT2D eigenvalue weighted by Gasteiger charge is -2.06. The summed E-state index contributed by atoms with van der Waals surface area (Å²) >= 11 is 0. The average molecular weight is 302 g/mol. The van der Waals surface area contributed by atoms with E-state index < -0.39 is 5.97 Å². The molecule has 2 rings (SSSR count). The van der Waals surface area contributed by atoms with Crippen LogP contribution in [0.25, 0.3) is 0 Å². The van der Waals surface area contributed by atoms with E-state index in [0.29, 0.717) is 12.2 Å². The molecule has 7 heteroatoms. The molecule has 0 saturated carbocycles. The topological polar surface area (TPSA) is 97.1 Å². The summed E-state index contributed by atoms with van der Waals surface area (Å²) in [6.45, 7) is 2.10. The van der Waals surface area contributed by atoms with Crippen LogP contribution in [0.15, 0.2) is 24.5 Å². The molecule has 0 atom stereocenters. The molecular weight excluding hydrogens is 284 g/mol. The van der Waals surface area contributed by atoms with Crippen molar-refractivity contribution in [3.63, 3.8) is 0 Å². The molecule has 0 aliphatic rings. The van der Waals surface area contributed by atoms with Crippen molar-refractivity contribution in [2.24, 2.45) is 7.05 Å². The van der Waals surface area contributed by atoms with Crippen LogP contribution < -0.4 is 5.32 Å². The Morgan fingerprint density at radius 2 is 2.14 bits per heavy atom. The molecule has 0 saturated heterocycles. The molecule has 0 aliphatic heterocycles. The first-order valence-electron chi connectivity index (χ1n) is 6.94. The van der Waals surface area contributed by atoms with Gasteiger partial charge in [-0.25, -0.2) is 9.78 Å². The predicted octanol–water partition coefficient (Wildman–Crippen LogP) is 1.18. The van der Waals surface area contributed by atoms with Gasteiger partial charge in [-0.1, -0.05) is 0 Å². The Bertz CT molecular complexity index is 694. The number of aryl methyl sites for hydroxylation is 3.